The molecular formula is C24H25FN2O4S. The Morgan fingerprint density at radius 2 is 1.47 bits per heavy atom. The highest BCUT2D eigenvalue weighted by atomic mass is 32.2. The van der Waals surface area contributed by atoms with Crippen molar-refractivity contribution < 1.29 is 22.3 Å². The standard InChI is InChI=1S/C24H25FN2O4S/c1-17(20-8-10-21(25)11-9-20)26-24(28)16-31-22-12-14-23(15-13-22)32(29,30)27-18(2)19-6-4-3-5-7-19/h3-15,17-18,27H,16H2,1-2H3,(H,26,28)/t17-,18-/m0/s1. The van der Waals surface area contributed by atoms with E-state index in [0.717, 1.165) is 11.1 Å². The summed E-state index contributed by atoms with van der Waals surface area (Å²) >= 11 is 0. The van der Waals surface area contributed by atoms with Crippen LogP contribution >= 0.6 is 0 Å². The average molecular weight is 457 g/mol. The van der Waals surface area contributed by atoms with Crippen LogP contribution in [0.25, 0.3) is 0 Å². The number of nitrogens with one attached hydrogen (secondary N) is 2. The molecule has 3 aromatic rings. The van der Waals surface area contributed by atoms with Crippen LogP contribution in [0.15, 0.2) is 83.8 Å². The van der Waals surface area contributed by atoms with Gasteiger partial charge < -0.3 is 10.1 Å². The quantitative estimate of drug-likeness (QED) is 0.507. The minimum absolute atomic E-state index is 0.0991. The molecule has 0 saturated heterocycles. The molecule has 0 heterocycles. The van der Waals surface area contributed by atoms with Crippen molar-refractivity contribution in [1.82, 2.24) is 10.0 Å². The first-order valence-electron chi connectivity index (χ1n) is 10.1. The number of benzene rings is 3. The van der Waals surface area contributed by atoms with Crippen LogP contribution in [0.5, 0.6) is 5.75 Å². The first-order valence-corrected chi connectivity index (χ1v) is 11.6. The third-order valence-corrected chi connectivity index (χ3v) is 6.44. The molecule has 0 aliphatic rings. The lowest BCUT2D eigenvalue weighted by atomic mass is 10.1. The SMILES string of the molecule is C[C@H](NC(=O)COc1ccc(S(=O)(=O)N[C@@H](C)c2ccccc2)cc1)c1ccc(F)cc1. The highest BCUT2D eigenvalue weighted by Crippen LogP contribution is 2.20. The van der Waals surface area contributed by atoms with E-state index in [2.05, 4.69) is 10.0 Å². The van der Waals surface area contributed by atoms with Gasteiger partial charge in [0.2, 0.25) is 10.0 Å². The summed E-state index contributed by atoms with van der Waals surface area (Å²) in [4.78, 5) is 12.2. The number of hydrogen-bond donors (Lipinski definition) is 2. The fourth-order valence-corrected chi connectivity index (χ4v) is 4.32. The van der Waals surface area contributed by atoms with Crippen molar-refractivity contribution in [1.29, 1.82) is 0 Å². The second-order valence-electron chi connectivity index (χ2n) is 7.35. The molecular weight excluding hydrogens is 431 g/mol. The number of ether oxygens (including phenoxy) is 1. The van der Waals surface area contributed by atoms with Crippen molar-refractivity contribution in [2.24, 2.45) is 0 Å². The van der Waals surface area contributed by atoms with Crippen LogP contribution in [0.3, 0.4) is 0 Å². The monoisotopic (exact) mass is 456 g/mol. The Hall–Kier alpha value is -3.23. The van der Waals surface area contributed by atoms with Crippen molar-refractivity contribution in [2.45, 2.75) is 30.8 Å². The molecule has 0 aliphatic heterocycles. The summed E-state index contributed by atoms with van der Waals surface area (Å²) < 4.78 is 46.4. The number of carbonyl (C=O) groups is 1. The summed E-state index contributed by atoms with van der Waals surface area (Å²) in [6.45, 7) is 3.32. The molecule has 168 valence electrons. The van der Waals surface area contributed by atoms with Gasteiger partial charge in [0.05, 0.1) is 10.9 Å². The van der Waals surface area contributed by atoms with Gasteiger partial charge in [-0.05, 0) is 61.4 Å². The zero-order valence-corrected chi connectivity index (χ0v) is 18.6. The molecule has 0 aromatic heterocycles. The van der Waals surface area contributed by atoms with Crippen LogP contribution in [0.2, 0.25) is 0 Å². The van der Waals surface area contributed by atoms with Gasteiger partial charge in [-0.25, -0.2) is 17.5 Å². The number of rotatable bonds is 9. The summed E-state index contributed by atoms with van der Waals surface area (Å²) in [6, 6.07) is 20.3. The van der Waals surface area contributed by atoms with Gasteiger partial charge in [0, 0.05) is 6.04 Å². The lowest BCUT2D eigenvalue weighted by molar-refractivity contribution is -0.123. The summed E-state index contributed by atoms with van der Waals surface area (Å²) in [6.07, 6.45) is 0. The molecule has 0 radical (unpaired) electrons. The topological polar surface area (TPSA) is 84.5 Å². The van der Waals surface area contributed by atoms with Gasteiger partial charge in [-0.2, -0.15) is 0 Å². The number of amides is 1. The lowest BCUT2D eigenvalue weighted by Crippen LogP contribution is -2.31. The summed E-state index contributed by atoms with van der Waals surface area (Å²) in [5.74, 6) is -0.327. The molecule has 2 N–H and O–H groups in total. The minimum Gasteiger partial charge on any atom is -0.484 e. The second-order valence-corrected chi connectivity index (χ2v) is 9.07. The smallest absolute Gasteiger partial charge is 0.258 e. The molecule has 6 nitrogen and oxygen atoms in total. The molecule has 0 unspecified atom stereocenters. The fraction of sp³-hybridized carbons (Fsp3) is 0.208. The van der Waals surface area contributed by atoms with E-state index in [1.807, 2.05) is 30.3 Å². The highest BCUT2D eigenvalue weighted by molar-refractivity contribution is 7.89. The zero-order chi connectivity index (χ0) is 23.1. The van der Waals surface area contributed by atoms with Crippen molar-refractivity contribution >= 4 is 15.9 Å². The van der Waals surface area contributed by atoms with Gasteiger partial charge in [-0.1, -0.05) is 42.5 Å². The first kappa shape index (κ1) is 23.4. The molecule has 0 spiro atoms. The third-order valence-electron chi connectivity index (χ3n) is 4.88. The van der Waals surface area contributed by atoms with Crippen molar-refractivity contribution in [3.63, 3.8) is 0 Å². The lowest BCUT2D eigenvalue weighted by Gasteiger charge is -2.16. The maximum atomic E-state index is 13.0. The van der Waals surface area contributed by atoms with Gasteiger partial charge in [0.15, 0.2) is 6.61 Å². The largest absolute Gasteiger partial charge is 0.484 e. The van der Waals surface area contributed by atoms with E-state index < -0.39 is 10.0 Å². The first-order chi connectivity index (χ1) is 15.2. The van der Waals surface area contributed by atoms with Crippen LogP contribution in [-0.4, -0.2) is 20.9 Å². The Morgan fingerprint density at radius 3 is 2.09 bits per heavy atom. The predicted molar refractivity (Wildman–Crippen MR) is 120 cm³/mol. The van der Waals surface area contributed by atoms with Crippen molar-refractivity contribution in [2.75, 3.05) is 6.61 Å². The fourth-order valence-electron chi connectivity index (χ4n) is 3.09. The third kappa shape index (κ3) is 6.38. The van der Waals surface area contributed by atoms with Gasteiger partial charge in [-0.3, -0.25) is 4.79 Å². The van der Waals surface area contributed by atoms with E-state index >= 15 is 0 Å². The molecule has 32 heavy (non-hydrogen) atoms. The van der Waals surface area contributed by atoms with Gasteiger partial charge in [0.1, 0.15) is 11.6 Å². The normalized spacial score (nSPS) is 13.2. The summed E-state index contributed by atoms with van der Waals surface area (Å²) in [7, 11) is -3.72. The molecule has 0 saturated carbocycles. The summed E-state index contributed by atoms with van der Waals surface area (Å²) in [5.41, 5.74) is 1.63. The van der Waals surface area contributed by atoms with E-state index in [9.17, 15) is 17.6 Å². The summed E-state index contributed by atoms with van der Waals surface area (Å²) in [5, 5.41) is 2.77. The van der Waals surface area contributed by atoms with Crippen molar-refractivity contribution in [3.05, 3.63) is 95.8 Å². The maximum Gasteiger partial charge on any atom is 0.258 e. The maximum absolute atomic E-state index is 13.0. The van der Waals surface area contributed by atoms with Crippen LogP contribution in [0, 0.1) is 5.82 Å². The van der Waals surface area contributed by atoms with E-state index in [-0.39, 0.29) is 35.3 Å². The number of sulfonamides is 1. The van der Waals surface area contributed by atoms with Crippen LogP contribution in [-0.2, 0) is 14.8 Å². The Kier molecular flexibility index (Phi) is 7.61. The molecule has 0 aliphatic carbocycles. The van der Waals surface area contributed by atoms with E-state index in [1.165, 1.54) is 36.4 Å². The average Bonchev–Trinajstić information content (AvgIpc) is 2.78. The molecule has 0 bridgehead atoms. The molecule has 1 amide bonds. The Morgan fingerprint density at radius 1 is 0.875 bits per heavy atom. The van der Waals surface area contributed by atoms with Crippen molar-refractivity contribution in [3.8, 4) is 5.75 Å². The molecule has 0 fully saturated rings. The molecule has 8 heteroatoms. The van der Waals surface area contributed by atoms with E-state index in [1.54, 1.807) is 26.0 Å². The second kappa shape index (κ2) is 10.4. The molecule has 3 aromatic carbocycles. The zero-order valence-electron chi connectivity index (χ0n) is 17.8. The Balaban J connectivity index is 1.53. The Bertz CT molecular complexity index is 1130. The van der Waals surface area contributed by atoms with Crippen LogP contribution in [0.1, 0.15) is 37.1 Å². The van der Waals surface area contributed by atoms with E-state index in [0.29, 0.717) is 5.75 Å². The van der Waals surface area contributed by atoms with Crippen LogP contribution in [0.4, 0.5) is 4.39 Å². The van der Waals surface area contributed by atoms with Gasteiger partial charge in [-0.15, -0.1) is 0 Å². The number of carbonyl (C=O) groups excluding carboxylic acids is 1. The minimum atomic E-state index is -3.72. The molecule has 3 rings (SSSR count). The van der Waals surface area contributed by atoms with Crippen LogP contribution < -0.4 is 14.8 Å². The highest BCUT2D eigenvalue weighted by Gasteiger charge is 2.18. The predicted octanol–water partition coefficient (Wildman–Crippen LogP) is 4.12. The Labute approximate surface area is 187 Å². The van der Waals surface area contributed by atoms with Gasteiger partial charge >= 0.3 is 0 Å². The number of hydrogen-bond acceptors (Lipinski definition) is 4. The molecule has 2 atom stereocenters. The van der Waals surface area contributed by atoms with Gasteiger partial charge in [0.25, 0.3) is 5.91 Å². The number of halogens is 1. The van der Waals surface area contributed by atoms with E-state index in [4.69, 9.17) is 4.74 Å².